The van der Waals surface area contributed by atoms with Crippen LogP contribution < -0.4 is 0 Å². The van der Waals surface area contributed by atoms with Crippen LogP contribution in [0.4, 0.5) is 0 Å². The molecule has 3 heteroatoms. The van der Waals surface area contributed by atoms with Crippen molar-refractivity contribution in [2.75, 3.05) is 7.11 Å². The average molecular weight is 267 g/mol. The molecule has 18 heavy (non-hydrogen) atoms. The Morgan fingerprint density at radius 1 is 1.28 bits per heavy atom. The molecule has 0 aliphatic heterocycles. The first-order valence-corrected chi connectivity index (χ1v) is 7.13. The fraction of sp³-hybridized carbons (Fsp3) is 0.600. The molecule has 0 spiro atoms. The largest absolute Gasteiger partial charge is 0.377 e. The summed E-state index contributed by atoms with van der Waals surface area (Å²) in [6.45, 7) is 0. The molecule has 2 aliphatic rings. The molecule has 0 amide bonds. The zero-order valence-corrected chi connectivity index (χ0v) is 11.4. The maximum absolute atomic E-state index is 6.22. The summed E-state index contributed by atoms with van der Waals surface area (Å²) in [5.41, 5.74) is 2.79. The Labute approximate surface area is 113 Å². The summed E-state index contributed by atoms with van der Waals surface area (Å²) < 4.78 is 11.6. The molecule has 2 nitrogen and oxygen atoms in total. The minimum absolute atomic E-state index is 0.0563. The Morgan fingerprint density at radius 3 is 2.89 bits per heavy atom. The molecule has 0 N–H and O–H groups in total. The van der Waals surface area contributed by atoms with E-state index in [1.165, 1.54) is 24.0 Å². The van der Waals surface area contributed by atoms with E-state index in [1.807, 2.05) is 0 Å². The van der Waals surface area contributed by atoms with Crippen LogP contribution in [0.5, 0.6) is 0 Å². The average Bonchev–Trinajstić information content (AvgIpc) is 2.39. The normalized spacial score (nSPS) is 34.8. The number of benzene rings is 1. The number of fused-ring (bicyclic) bond motifs is 1. The lowest BCUT2D eigenvalue weighted by Gasteiger charge is -2.42. The molecule has 3 rings (SSSR count). The van der Waals surface area contributed by atoms with Gasteiger partial charge in [-0.3, -0.25) is 0 Å². The van der Waals surface area contributed by atoms with Gasteiger partial charge in [0.2, 0.25) is 0 Å². The van der Waals surface area contributed by atoms with E-state index in [0.29, 0.717) is 0 Å². The third kappa shape index (κ3) is 2.18. The van der Waals surface area contributed by atoms with Crippen LogP contribution in [0.3, 0.4) is 0 Å². The van der Waals surface area contributed by atoms with E-state index >= 15 is 0 Å². The van der Waals surface area contributed by atoms with Gasteiger partial charge in [-0.2, -0.15) is 0 Å². The molecule has 0 radical (unpaired) electrons. The predicted octanol–water partition coefficient (Wildman–Crippen LogP) is 3.48. The molecule has 0 bridgehead atoms. The van der Waals surface area contributed by atoms with Gasteiger partial charge in [-0.1, -0.05) is 24.3 Å². The van der Waals surface area contributed by atoms with E-state index in [0.717, 1.165) is 12.8 Å². The molecule has 4 unspecified atom stereocenters. The monoisotopic (exact) mass is 266 g/mol. The molecule has 0 aromatic heterocycles. The summed E-state index contributed by atoms with van der Waals surface area (Å²) in [6.07, 6.45) is 4.83. The Morgan fingerprint density at radius 2 is 2.11 bits per heavy atom. The fourth-order valence-corrected chi connectivity index (χ4v) is 3.46. The van der Waals surface area contributed by atoms with Gasteiger partial charge in [0.05, 0.1) is 23.7 Å². The predicted molar refractivity (Wildman–Crippen MR) is 72.0 cm³/mol. The molecular weight excluding hydrogens is 248 g/mol. The summed E-state index contributed by atoms with van der Waals surface area (Å²) >= 11 is 6.12. The number of halogens is 1. The second-order valence-electron chi connectivity index (χ2n) is 5.21. The maximum Gasteiger partial charge on any atom is 0.0997 e. The number of hydrogen-bond donors (Lipinski definition) is 0. The van der Waals surface area contributed by atoms with Crippen molar-refractivity contribution in [3.63, 3.8) is 0 Å². The molecule has 1 fully saturated rings. The number of alkyl halides is 1. The Hall–Kier alpha value is -0.570. The second kappa shape index (κ2) is 5.20. The van der Waals surface area contributed by atoms with Crippen LogP contribution >= 0.6 is 11.6 Å². The van der Waals surface area contributed by atoms with Gasteiger partial charge in [0.1, 0.15) is 0 Å². The van der Waals surface area contributed by atoms with Crippen LogP contribution in [0.1, 0.15) is 36.5 Å². The maximum atomic E-state index is 6.22. The quantitative estimate of drug-likeness (QED) is 0.780. The molecule has 0 saturated heterocycles. The highest BCUT2D eigenvalue weighted by Crippen LogP contribution is 2.39. The molecule has 98 valence electrons. The molecule has 2 aliphatic carbocycles. The van der Waals surface area contributed by atoms with Crippen molar-refractivity contribution in [2.24, 2.45) is 0 Å². The lowest BCUT2D eigenvalue weighted by Crippen LogP contribution is -2.51. The summed E-state index contributed by atoms with van der Waals surface area (Å²) in [5, 5.41) is 0.110. The van der Waals surface area contributed by atoms with Gasteiger partial charge in [0.15, 0.2) is 0 Å². The van der Waals surface area contributed by atoms with E-state index in [4.69, 9.17) is 21.1 Å². The van der Waals surface area contributed by atoms with E-state index in [-0.39, 0.29) is 23.7 Å². The van der Waals surface area contributed by atoms with E-state index < -0.39 is 0 Å². The van der Waals surface area contributed by atoms with Crippen molar-refractivity contribution in [3.05, 3.63) is 35.4 Å². The summed E-state index contributed by atoms with van der Waals surface area (Å²) in [6, 6.07) is 8.61. The Balaban J connectivity index is 1.71. The minimum Gasteiger partial charge on any atom is -0.377 e. The van der Waals surface area contributed by atoms with Gasteiger partial charge in [-0.05, 0) is 36.8 Å². The van der Waals surface area contributed by atoms with Gasteiger partial charge in [0.25, 0.3) is 0 Å². The van der Waals surface area contributed by atoms with Crippen molar-refractivity contribution < 1.29 is 9.47 Å². The van der Waals surface area contributed by atoms with E-state index in [9.17, 15) is 0 Å². The fourth-order valence-electron chi connectivity index (χ4n) is 3.02. The number of rotatable bonds is 3. The van der Waals surface area contributed by atoms with Crippen LogP contribution in [-0.4, -0.2) is 24.7 Å². The third-order valence-electron chi connectivity index (χ3n) is 4.11. The van der Waals surface area contributed by atoms with Crippen molar-refractivity contribution in [3.8, 4) is 0 Å². The highest BCUT2D eigenvalue weighted by atomic mass is 35.5. The van der Waals surface area contributed by atoms with E-state index in [2.05, 4.69) is 24.3 Å². The molecular formula is C15H19ClO2. The summed E-state index contributed by atoms with van der Waals surface area (Å²) in [4.78, 5) is 0. The smallest absolute Gasteiger partial charge is 0.0997 e. The van der Waals surface area contributed by atoms with Crippen LogP contribution in [0.2, 0.25) is 0 Å². The van der Waals surface area contributed by atoms with Gasteiger partial charge >= 0.3 is 0 Å². The lowest BCUT2D eigenvalue weighted by molar-refractivity contribution is -0.141. The highest BCUT2D eigenvalue weighted by Gasteiger charge is 2.42. The topological polar surface area (TPSA) is 18.5 Å². The molecule has 4 atom stereocenters. The summed E-state index contributed by atoms with van der Waals surface area (Å²) in [7, 11) is 1.71. The number of hydrogen-bond acceptors (Lipinski definition) is 2. The van der Waals surface area contributed by atoms with E-state index in [1.54, 1.807) is 7.11 Å². The first-order chi connectivity index (χ1) is 8.79. The van der Waals surface area contributed by atoms with Crippen LogP contribution in [0.25, 0.3) is 0 Å². The molecule has 1 aromatic rings. The standard InChI is InChI=1S/C15H19ClO2/c1-17-15-12(16)9-14(15)18-13-8-4-6-10-5-2-3-7-11(10)13/h2-3,5,7,12-15H,4,6,8-9H2,1H3. The Bertz CT molecular complexity index is 421. The van der Waals surface area contributed by atoms with Gasteiger partial charge in [-0.15, -0.1) is 11.6 Å². The van der Waals surface area contributed by atoms with Crippen molar-refractivity contribution in [1.82, 2.24) is 0 Å². The van der Waals surface area contributed by atoms with Crippen molar-refractivity contribution >= 4 is 11.6 Å². The highest BCUT2D eigenvalue weighted by molar-refractivity contribution is 6.21. The number of methoxy groups -OCH3 is 1. The van der Waals surface area contributed by atoms with Crippen LogP contribution in [-0.2, 0) is 15.9 Å². The first-order valence-electron chi connectivity index (χ1n) is 6.69. The molecule has 0 heterocycles. The van der Waals surface area contributed by atoms with Gasteiger partial charge in [0, 0.05) is 7.11 Å². The second-order valence-corrected chi connectivity index (χ2v) is 5.77. The number of ether oxygens (including phenoxy) is 2. The Kier molecular flexibility index (Phi) is 3.60. The zero-order chi connectivity index (χ0) is 12.5. The van der Waals surface area contributed by atoms with Crippen molar-refractivity contribution in [2.45, 2.75) is 49.4 Å². The minimum atomic E-state index is 0.0563. The molecule has 1 aromatic carbocycles. The summed E-state index contributed by atoms with van der Waals surface area (Å²) in [5.74, 6) is 0. The van der Waals surface area contributed by atoms with Crippen LogP contribution in [0.15, 0.2) is 24.3 Å². The number of aryl methyl sites for hydroxylation is 1. The van der Waals surface area contributed by atoms with Crippen LogP contribution in [0, 0.1) is 0 Å². The zero-order valence-electron chi connectivity index (χ0n) is 10.6. The van der Waals surface area contributed by atoms with Crippen molar-refractivity contribution in [1.29, 1.82) is 0 Å². The third-order valence-corrected chi connectivity index (χ3v) is 4.53. The first kappa shape index (κ1) is 12.5. The molecule has 1 saturated carbocycles. The lowest BCUT2D eigenvalue weighted by atomic mass is 9.87. The van der Waals surface area contributed by atoms with Gasteiger partial charge in [-0.25, -0.2) is 0 Å². The SMILES string of the molecule is COC1C(Cl)CC1OC1CCCc2ccccc21. The van der Waals surface area contributed by atoms with Gasteiger partial charge < -0.3 is 9.47 Å².